The van der Waals surface area contributed by atoms with Crippen LogP contribution in [0.25, 0.3) is 0 Å². The first-order valence-corrected chi connectivity index (χ1v) is 7.93. The number of thioether (sulfide) groups is 1. The van der Waals surface area contributed by atoms with Crippen LogP contribution in [0.15, 0.2) is 0 Å². The second kappa shape index (κ2) is 6.03. The van der Waals surface area contributed by atoms with E-state index >= 15 is 0 Å². The first kappa shape index (κ1) is 14.7. The Morgan fingerprint density at radius 3 is 2.76 bits per heavy atom. The molecule has 0 radical (unpaired) electrons. The zero-order chi connectivity index (χ0) is 13.1. The summed E-state index contributed by atoms with van der Waals surface area (Å²) in [7, 11) is -2.09. The van der Waals surface area contributed by atoms with Crippen LogP contribution >= 0.6 is 11.8 Å². The maximum absolute atomic E-state index is 12.2. The molecule has 0 saturated carbocycles. The molecule has 1 aliphatic heterocycles. The van der Waals surface area contributed by atoms with Crippen molar-refractivity contribution in [3.05, 3.63) is 0 Å². The van der Waals surface area contributed by atoms with E-state index in [0.29, 0.717) is 6.54 Å². The van der Waals surface area contributed by atoms with Gasteiger partial charge in [0, 0.05) is 37.7 Å². The largest absolute Gasteiger partial charge is 0.481 e. The quantitative estimate of drug-likeness (QED) is 0.772. The number of hydrogen-bond donors (Lipinski definition) is 1. The molecule has 0 spiro atoms. The molecule has 1 N–H and O–H groups in total. The Kier molecular flexibility index (Phi) is 5.23. The Balaban J connectivity index is 2.68. The van der Waals surface area contributed by atoms with E-state index in [1.807, 2.05) is 6.92 Å². The van der Waals surface area contributed by atoms with Crippen molar-refractivity contribution in [3.63, 3.8) is 0 Å². The summed E-state index contributed by atoms with van der Waals surface area (Å²) in [5.74, 6) is 0.580. The smallest absolute Gasteiger partial charge is 0.304 e. The molecule has 1 rings (SSSR count). The van der Waals surface area contributed by atoms with Gasteiger partial charge in [-0.3, -0.25) is 4.79 Å². The minimum absolute atomic E-state index is 0.00797. The van der Waals surface area contributed by atoms with E-state index < -0.39 is 16.2 Å². The van der Waals surface area contributed by atoms with Crippen molar-refractivity contribution in [1.29, 1.82) is 0 Å². The molecule has 1 unspecified atom stereocenters. The van der Waals surface area contributed by atoms with Gasteiger partial charge in [-0.2, -0.15) is 28.8 Å². The number of aliphatic carboxylic acids is 1. The second-order valence-corrected chi connectivity index (χ2v) is 7.15. The van der Waals surface area contributed by atoms with Crippen LogP contribution in [0.1, 0.15) is 13.3 Å². The van der Waals surface area contributed by atoms with Crippen LogP contribution in [0, 0.1) is 0 Å². The van der Waals surface area contributed by atoms with Gasteiger partial charge in [0.25, 0.3) is 10.2 Å². The third kappa shape index (κ3) is 3.84. The molecule has 1 fully saturated rings. The molecule has 0 aromatic rings. The van der Waals surface area contributed by atoms with Gasteiger partial charge in [-0.25, -0.2) is 0 Å². The molecule has 17 heavy (non-hydrogen) atoms. The Morgan fingerprint density at radius 1 is 1.59 bits per heavy atom. The van der Waals surface area contributed by atoms with E-state index in [1.54, 1.807) is 11.8 Å². The van der Waals surface area contributed by atoms with Gasteiger partial charge in [-0.05, 0) is 6.92 Å². The molecule has 0 aromatic carbocycles. The predicted molar refractivity (Wildman–Crippen MR) is 67.3 cm³/mol. The molecule has 1 heterocycles. The highest BCUT2D eigenvalue weighted by molar-refractivity contribution is 7.99. The molecule has 6 nitrogen and oxygen atoms in total. The van der Waals surface area contributed by atoms with E-state index in [1.165, 1.54) is 11.4 Å². The van der Waals surface area contributed by atoms with Crippen molar-refractivity contribution in [1.82, 2.24) is 8.61 Å². The topological polar surface area (TPSA) is 77.9 Å². The van der Waals surface area contributed by atoms with Gasteiger partial charge in [0.1, 0.15) is 0 Å². The highest BCUT2D eigenvalue weighted by Gasteiger charge is 2.32. The van der Waals surface area contributed by atoms with Gasteiger partial charge in [-0.15, -0.1) is 0 Å². The molecule has 1 aliphatic rings. The van der Waals surface area contributed by atoms with E-state index in [-0.39, 0.29) is 19.0 Å². The first-order valence-electron chi connectivity index (χ1n) is 5.38. The molecular weight excluding hydrogens is 264 g/mol. The van der Waals surface area contributed by atoms with E-state index in [2.05, 4.69) is 0 Å². The van der Waals surface area contributed by atoms with Crippen molar-refractivity contribution in [2.45, 2.75) is 19.4 Å². The van der Waals surface area contributed by atoms with Crippen LogP contribution in [0.3, 0.4) is 0 Å². The molecule has 8 heteroatoms. The van der Waals surface area contributed by atoms with E-state index in [9.17, 15) is 13.2 Å². The van der Waals surface area contributed by atoms with Crippen molar-refractivity contribution < 1.29 is 18.3 Å². The summed E-state index contributed by atoms with van der Waals surface area (Å²) >= 11 is 1.73. The zero-order valence-corrected chi connectivity index (χ0v) is 11.6. The van der Waals surface area contributed by atoms with Gasteiger partial charge in [0.2, 0.25) is 0 Å². The fraction of sp³-hybridized carbons (Fsp3) is 0.889. The predicted octanol–water partition coefficient (Wildman–Crippen LogP) is 0.0750. The number of hydrogen-bond acceptors (Lipinski definition) is 4. The lowest BCUT2D eigenvalue weighted by Gasteiger charge is -2.34. The summed E-state index contributed by atoms with van der Waals surface area (Å²) < 4.78 is 26.9. The van der Waals surface area contributed by atoms with Crippen LogP contribution in [0.4, 0.5) is 0 Å². The van der Waals surface area contributed by atoms with Crippen molar-refractivity contribution in [2.24, 2.45) is 0 Å². The molecule has 1 saturated heterocycles. The van der Waals surface area contributed by atoms with Crippen molar-refractivity contribution in [3.8, 4) is 0 Å². The lowest BCUT2D eigenvalue weighted by Crippen LogP contribution is -2.50. The Bertz CT molecular complexity index is 371. The fourth-order valence-corrected chi connectivity index (χ4v) is 4.36. The van der Waals surface area contributed by atoms with Crippen LogP contribution in [0.5, 0.6) is 0 Å². The monoisotopic (exact) mass is 282 g/mol. The van der Waals surface area contributed by atoms with Crippen molar-refractivity contribution >= 4 is 27.9 Å². The van der Waals surface area contributed by atoms with Crippen LogP contribution in [0.2, 0.25) is 0 Å². The standard InChI is InChI=1S/C9H18N2O4S2/c1-8-7-16-6-5-11(8)17(14,15)10(2)4-3-9(12)13/h8H,3-7H2,1-2H3,(H,12,13). The molecule has 1 atom stereocenters. The zero-order valence-electron chi connectivity index (χ0n) is 10.00. The molecule has 0 bridgehead atoms. The number of carboxylic acid groups (broad SMARTS) is 1. The molecule has 0 aliphatic carbocycles. The number of rotatable bonds is 5. The number of nitrogens with zero attached hydrogens (tertiary/aromatic N) is 2. The highest BCUT2D eigenvalue weighted by Crippen LogP contribution is 2.20. The normalized spacial score (nSPS) is 22.9. The third-order valence-corrected chi connectivity index (χ3v) is 5.93. The van der Waals surface area contributed by atoms with Crippen LogP contribution in [-0.2, 0) is 15.0 Å². The Labute approximate surface area is 106 Å². The minimum atomic E-state index is -3.52. The summed E-state index contributed by atoms with van der Waals surface area (Å²) in [5.41, 5.74) is 0. The first-order chi connectivity index (χ1) is 7.85. The minimum Gasteiger partial charge on any atom is -0.481 e. The maximum atomic E-state index is 12.2. The summed E-state index contributed by atoms with van der Waals surface area (Å²) in [4.78, 5) is 10.4. The highest BCUT2D eigenvalue weighted by atomic mass is 32.2. The Morgan fingerprint density at radius 2 is 2.24 bits per heavy atom. The van der Waals surface area contributed by atoms with Crippen molar-refractivity contribution in [2.75, 3.05) is 31.6 Å². The molecular formula is C9H18N2O4S2. The summed E-state index contributed by atoms with van der Waals surface area (Å²) in [6.45, 7) is 2.37. The SMILES string of the molecule is CC1CSCCN1S(=O)(=O)N(C)CCC(=O)O. The molecule has 0 amide bonds. The number of carbonyl (C=O) groups is 1. The van der Waals surface area contributed by atoms with E-state index in [4.69, 9.17) is 5.11 Å². The van der Waals surface area contributed by atoms with Crippen LogP contribution in [-0.4, -0.2) is 65.8 Å². The Hall–Kier alpha value is -0.310. The lowest BCUT2D eigenvalue weighted by atomic mass is 10.4. The molecule has 0 aromatic heterocycles. The van der Waals surface area contributed by atoms with Gasteiger partial charge >= 0.3 is 5.97 Å². The van der Waals surface area contributed by atoms with Gasteiger partial charge in [0.05, 0.1) is 6.42 Å². The summed E-state index contributed by atoms with van der Waals surface area (Å²) in [5, 5.41) is 8.55. The molecule has 100 valence electrons. The van der Waals surface area contributed by atoms with Gasteiger partial charge < -0.3 is 5.11 Å². The van der Waals surface area contributed by atoms with Gasteiger partial charge in [0.15, 0.2) is 0 Å². The van der Waals surface area contributed by atoms with E-state index in [0.717, 1.165) is 15.8 Å². The summed E-state index contributed by atoms with van der Waals surface area (Å²) in [6.07, 6.45) is -0.174. The lowest BCUT2D eigenvalue weighted by molar-refractivity contribution is -0.137. The average Bonchev–Trinajstić information content (AvgIpc) is 2.26. The fourth-order valence-electron chi connectivity index (χ4n) is 1.60. The maximum Gasteiger partial charge on any atom is 0.304 e. The summed E-state index contributed by atoms with van der Waals surface area (Å²) in [6, 6.07) is -0.0361. The van der Waals surface area contributed by atoms with Crippen LogP contribution < -0.4 is 0 Å². The second-order valence-electron chi connectivity index (χ2n) is 4.01. The average molecular weight is 282 g/mol. The third-order valence-electron chi connectivity index (χ3n) is 2.64. The van der Waals surface area contributed by atoms with Gasteiger partial charge in [-0.1, -0.05) is 0 Å². The number of carboxylic acids is 1.